The number of benzene rings is 2. The Morgan fingerprint density at radius 3 is 2.70 bits per heavy atom. The number of fused-ring (bicyclic) bond motifs is 1. The fourth-order valence-corrected chi connectivity index (χ4v) is 2.56. The first-order valence-corrected chi connectivity index (χ1v) is 7.98. The summed E-state index contributed by atoms with van der Waals surface area (Å²) in [6.07, 6.45) is 2.72. The number of nitrogens with zero attached hydrogens (tertiary/aromatic N) is 2. The number of pyridine rings is 1. The van der Waals surface area contributed by atoms with Gasteiger partial charge in [-0.05, 0) is 22.9 Å². The van der Waals surface area contributed by atoms with Crippen LogP contribution in [0.2, 0.25) is 0 Å². The van der Waals surface area contributed by atoms with E-state index in [2.05, 4.69) is 15.3 Å². The normalized spacial score (nSPS) is 11.2. The van der Waals surface area contributed by atoms with Crippen LogP contribution in [0.15, 0.2) is 70.7 Å². The average molecular weight is 371 g/mol. The van der Waals surface area contributed by atoms with E-state index in [0.717, 1.165) is 5.39 Å². The smallest absolute Gasteiger partial charge is 0.387 e. The van der Waals surface area contributed by atoms with Gasteiger partial charge in [-0.1, -0.05) is 36.4 Å². The number of alkyl halides is 2. The summed E-state index contributed by atoms with van der Waals surface area (Å²) in [6, 6.07) is 14.7. The zero-order chi connectivity index (χ0) is 19.2. The quantitative estimate of drug-likeness (QED) is 0.535. The number of hydrogen-bond acceptors (Lipinski definition) is 4. The van der Waals surface area contributed by atoms with Crippen molar-refractivity contribution in [2.45, 2.75) is 13.2 Å². The number of amides is 1. The van der Waals surface area contributed by atoms with Crippen LogP contribution in [-0.4, -0.2) is 23.3 Å². The molecule has 3 aromatic rings. The van der Waals surface area contributed by atoms with E-state index in [0.29, 0.717) is 10.9 Å². The van der Waals surface area contributed by atoms with Crippen molar-refractivity contribution in [3.63, 3.8) is 0 Å². The molecule has 0 saturated carbocycles. The molecule has 0 aliphatic rings. The predicted octanol–water partition coefficient (Wildman–Crippen LogP) is 2.75. The number of ether oxygens (including phenoxy) is 1. The highest BCUT2D eigenvalue weighted by Gasteiger charge is 2.12. The summed E-state index contributed by atoms with van der Waals surface area (Å²) >= 11 is 0. The van der Waals surface area contributed by atoms with Crippen LogP contribution in [0.4, 0.5) is 8.78 Å². The van der Waals surface area contributed by atoms with Crippen molar-refractivity contribution in [2.24, 2.45) is 5.10 Å². The molecule has 27 heavy (non-hydrogen) atoms. The molecular formula is C19H15F2N3O3. The first kappa shape index (κ1) is 18.2. The highest BCUT2D eigenvalue weighted by Crippen LogP contribution is 2.27. The van der Waals surface area contributed by atoms with Gasteiger partial charge in [0.2, 0.25) is 0 Å². The third kappa shape index (κ3) is 4.55. The fourth-order valence-electron chi connectivity index (χ4n) is 2.56. The van der Waals surface area contributed by atoms with E-state index in [1.807, 2.05) is 12.1 Å². The summed E-state index contributed by atoms with van der Waals surface area (Å²) in [4.78, 5) is 23.5. The predicted molar refractivity (Wildman–Crippen MR) is 97.0 cm³/mol. The molecule has 8 heteroatoms. The number of hydrazone groups is 1. The standard InChI is InChI=1S/C19H15F2N3O3/c20-19(21)27-16-9-8-13-5-1-2-6-14(13)15(16)11-22-23-17(25)12-24-10-4-3-7-18(24)26/h1-11,19H,12H2,(H,23,25)/b22-11-. The van der Waals surface area contributed by atoms with Gasteiger partial charge in [0.05, 0.1) is 6.21 Å². The first-order valence-electron chi connectivity index (χ1n) is 7.98. The summed E-state index contributed by atoms with van der Waals surface area (Å²) in [5, 5.41) is 5.27. The molecule has 0 spiro atoms. The number of hydrogen-bond donors (Lipinski definition) is 1. The average Bonchev–Trinajstić information content (AvgIpc) is 2.64. The summed E-state index contributed by atoms with van der Waals surface area (Å²) in [7, 11) is 0. The number of halogens is 2. The molecule has 6 nitrogen and oxygen atoms in total. The molecule has 0 aliphatic heterocycles. The van der Waals surface area contributed by atoms with Crippen molar-refractivity contribution < 1.29 is 18.3 Å². The van der Waals surface area contributed by atoms with Crippen molar-refractivity contribution in [1.82, 2.24) is 9.99 Å². The molecule has 0 atom stereocenters. The molecule has 0 fully saturated rings. The van der Waals surface area contributed by atoms with E-state index in [4.69, 9.17) is 0 Å². The molecular weight excluding hydrogens is 356 g/mol. The molecule has 0 saturated heterocycles. The maximum Gasteiger partial charge on any atom is 0.387 e. The summed E-state index contributed by atoms with van der Waals surface area (Å²) in [6.45, 7) is -3.20. The van der Waals surface area contributed by atoms with Gasteiger partial charge in [0.25, 0.3) is 11.5 Å². The summed E-state index contributed by atoms with van der Waals surface area (Å²) in [5.74, 6) is -0.586. The number of carbonyl (C=O) groups is 1. The van der Waals surface area contributed by atoms with Crippen LogP contribution < -0.4 is 15.7 Å². The Morgan fingerprint density at radius 1 is 1.15 bits per heavy atom. The number of aromatic nitrogens is 1. The second kappa shape index (κ2) is 8.22. The van der Waals surface area contributed by atoms with Crippen LogP contribution in [0, 0.1) is 0 Å². The van der Waals surface area contributed by atoms with Gasteiger partial charge in [0, 0.05) is 17.8 Å². The van der Waals surface area contributed by atoms with Gasteiger partial charge in [-0.15, -0.1) is 0 Å². The SMILES string of the molecule is O=C(Cn1ccccc1=O)N/N=C\c1c(OC(F)F)ccc2ccccc12. The van der Waals surface area contributed by atoms with Crippen LogP contribution >= 0.6 is 0 Å². The Hall–Kier alpha value is -3.55. The van der Waals surface area contributed by atoms with Crippen LogP contribution in [0.3, 0.4) is 0 Å². The molecule has 0 aliphatic carbocycles. The molecule has 1 amide bonds. The second-order valence-corrected chi connectivity index (χ2v) is 5.54. The highest BCUT2D eigenvalue weighted by atomic mass is 19.3. The van der Waals surface area contributed by atoms with Crippen LogP contribution in [0.1, 0.15) is 5.56 Å². The third-order valence-electron chi connectivity index (χ3n) is 3.74. The lowest BCUT2D eigenvalue weighted by Gasteiger charge is -2.10. The van der Waals surface area contributed by atoms with Crippen LogP contribution in [0.5, 0.6) is 5.75 Å². The molecule has 3 rings (SSSR count). The van der Waals surface area contributed by atoms with Crippen molar-refractivity contribution in [3.8, 4) is 5.75 Å². The lowest BCUT2D eigenvalue weighted by atomic mass is 10.0. The first-order chi connectivity index (χ1) is 13.0. The Labute approximate surface area is 152 Å². The van der Waals surface area contributed by atoms with Crippen LogP contribution in [0.25, 0.3) is 10.8 Å². The van der Waals surface area contributed by atoms with Gasteiger partial charge in [-0.3, -0.25) is 9.59 Å². The van der Waals surface area contributed by atoms with Gasteiger partial charge >= 0.3 is 6.61 Å². The van der Waals surface area contributed by atoms with Gasteiger partial charge in [-0.25, -0.2) is 5.43 Å². The Kier molecular flexibility index (Phi) is 5.55. The van der Waals surface area contributed by atoms with Gasteiger partial charge in [0.1, 0.15) is 12.3 Å². The molecule has 138 valence electrons. The summed E-state index contributed by atoms with van der Waals surface area (Å²) < 4.78 is 31.1. The van der Waals surface area contributed by atoms with E-state index >= 15 is 0 Å². The second-order valence-electron chi connectivity index (χ2n) is 5.54. The minimum atomic E-state index is -2.99. The van der Waals surface area contributed by atoms with Gasteiger partial charge in [-0.2, -0.15) is 13.9 Å². The van der Waals surface area contributed by atoms with E-state index in [9.17, 15) is 18.4 Å². The zero-order valence-electron chi connectivity index (χ0n) is 14.0. The van der Waals surface area contributed by atoms with Crippen molar-refractivity contribution in [2.75, 3.05) is 0 Å². The maximum atomic E-state index is 12.7. The summed E-state index contributed by atoms with van der Waals surface area (Å²) in [5.41, 5.74) is 2.27. The van der Waals surface area contributed by atoms with Crippen LogP contribution in [-0.2, 0) is 11.3 Å². The van der Waals surface area contributed by atoms with Crippen molar-refractivity contribution in [3.05, 3.63) is 76.7 Å². The molecule has 1 heterocycles. The minimum absolute atomic E-state index is 0.0547. The highest BCUT2D eigenvalue weighted by molar-refractivity contribution is 6.02. The van der Waals surface area contributed by atoms with E-state index in [-0.39, 0.29) is 17.9 Å². The molecule has 2 aromatic carbocycles. The molecule has 1 aromatic heterocycles. The molecule has 0 radical (unpaired) electrons. The van der Waals surface area contributed by atoms with Crippen molar-refractivity contribution in [1.29, 1.82) is 0 Å². The number of nitrogens with one attached hydrogen (secondary N) is 1. The molecule has 0 unspecified atom stereocenters. The van der Waals surface area contributed by atoms with Gasteiger partial charge in [0.15, 0.2) is 0 Å². The Morgan fingerprint density at radius 2 is 1.93 bits per heavy atom. The van der Waals surface area contributed by atoms with Crippen molar-refractivity contribution >= 4 is 22.9 Å². The Bertz CT molecular complexity index is 1050. The van der Waals surface area contributed by atoms with E-state index in [1.54, 1.807) is 30.3 Å². The monoisotopic (exact) mass is 371 g/mol. The lowest BCUT2D eigenvalue weighted by Crippen LogP contribution is -2.29. The Balaban J connectivity index is 1.81. The molecule has 1 N–H and O–H groups in total. The lowest BCUT2D eigenvalue weighted by molar-refractivity contribution is -0.121. The number of rotatable bonds is 6. The topological polar surface area (TPSA) is 72.7 Å². The third-order valence-corrected chi connectivity index (χ3v) is 3.74. The van der Waals surface area contributed by atoms with E-state index in [1.165, 1.54) is 29.1 Å². The maximum absolute atomic E-state index is 12.7. The minimum Gasteiger partial charge on any atom is -0.434 e. The van der Waals surface area contributed by atoms with E-state index < -0.39 is 12.5 Å². The molecule has 0 bridgehead atoms. The number of carbonyl (C=O) groups excluding carboxylic acids is 1. The largest absolute Gasteiger partial charge is 0.434 e. The fraction of sp³-hybridized carbons (Fsp3) is 0.105. The van der Waals surface area contributed by atoms with Gasteiger partial charge < -0.3 is 9.30 Å². The zero-order valence-corrected chi connectivity index (χ0v) is 14.0.